The number of rotatable bonds is 5. The number of ether oxygens (including phenoxy) is 1. The summed E-state index contributed by atoms with van der Waals surface area (Å²) in [5, 5.41) is 4.67. The van der Waals surface area contributed by atoms with Gasteiger partial charge in [0.25, 0.3) is 5.91 Å². The van der Waals surface area contributed by atoms with E-state index in [1.165, 1.54) is 0 Å². The van der Waals surface area contributed by atoms with Gasteiger partial charge >= 0.3 is 0 Å². The minimum absolute atomic E-state index is 0.189. The van der Waals surface area contributed by atoms with E-state index in [-0.39, 0.29) is 18.5 Å². The van der Waals surface area contributed by atoms with Crippen LogP contribution in [0.3, 0.4) is 0 Å². The highest BCUT2D eigenvalue weighted by atomic mass is 32.1. The van der Waals surface area contributed by atoms with Crippen molar-refractivity contribution >= 4 is 23.2 Å². The van der Waals surface area contributed by atoms with Gasteiger partial charge in [-0.3, -0.25) is 10.1 Å². The van der Waals surface area contributed by atoms with Gasteiger partial charge in [-0.05, 0) is 41.8 Å². The minimum Gasteiger partial charge on any atom is -0.481 e. The van der Waals surface area contributed by atoms with Gasteiger partial charge in [-0.25, -0.2) is 9.97 Å². The predicted molar refractivity (Wildman–Crippen MR) is 94.1 cm³/mol. The first-order valence-electron chi connectivity index (χ1n) is 7.11. The molecule has 0 atom stereocenters. The molecule has 2 aromatic heterocycles. The second-order valence-corrected chi connectivity index (χ2v) is 5.66. The highest BCUT2D eigenvalue weighted by molar-refractivity contribution is 7.13. The summed E-state index contributed by atoms with van der Waals surface area (Å²) in [6, 6.07) is 12.4. The Kier molecular flexibility index (Phi) is 4.84. The zero-order chi connectivity index (χ0) is 16.8. The molecule has 3 rings (SSSR count). The van der Waals surface area contributed by atoms with Crippen LogP contribution in [0.4, 0.5) is 5.95 Å². The van der Waals surface area contributed by atoms with Crippen molar-refractivity contribution in [3.8, 4) is 28.7 Å². The molecule has 0 saturated carbocycles. The van der Waals surface area contributed by atoms with Gasteiger partial charge in [0.2, 0.25) is 5.95 Å². The third-order valence-corrected chi connectivity index (χ3v) is 3.99. The molecule has 0 aliphatic carbocycles. The number of hydrogen-bond acceptors (Lipinski definition) is 5. The van der Waals surface area contributed by atoms with Crippen molar-refractivity contribution in [2.45, 2.75) is 0 Å². The first-order valence-corrected chi connectivity index (χ1v) is 7.99. The Morgan fingerprint density at radius 3 is 2.79 bits per heavy atom. The average Bonchev–Trinajstić information content (AvgIpc) is 3.15. The fraction of sp³-hybridized carbons (Fsp3) is 0.0556. The minimum atomic E-state index is -0.290. The fourth-order valence-electron chi connectivity index (χ4n) is 1.98. The van der Waals surface area contributed by atoms with Gasteiger partial charge in [-0.2, -0.15) is 0 Å². The van der Waals surface area contributed by atoms with E-state index in [1.807, 2.05) is 17.5 Å². The van der Waals surface area contributed by atoms with Crippen molar-refractivity contribution in [1.29, 1.82) is 0 Å². The van der Waals surface area contributed by atoms with E-state index in [2.05, 4.69) is 21.2 Å². The van der Waals surface area contributed by atoms with Crippen molar-refractivity contribution < 1.29 is 9.53 Å². The maximum atomic E-state index is 12.3. The van der Waals surface area contributed by atoms with Crippen LogP contribution < -0.4 is 10.1 Å². The molecule has 0 bridgehead atoms. The maximum Gasteiger partial charge on any atom is 0.258 e. The molecule has 0 unspecified atom stereocenters. The molecule has 24 heavy (non-hydrogen) atoms. The molecule has 0 saturated heterocycles. The molecular formula is C18H13N3O2S. The lowest BCUT2D eigenvalue weighted by molar-refractivity contribution is 0.102. The Balaban J connectivity index is 1.71. The van der Waals surface area contributed by atoms with E-state index in [0.29, 0.717) is 11.3 Å². The van der Waals surface area contributed by atoms with Crippen LogP contribution in [-0.4, -0.2) is 22.5 Å². The van der Waals surface area contributed by atoms with E-state index in [1.54, 1.807) is 47.9 Å². The lowest BCUT2D eigenvalue weighted by atomic mass is 10.2. The molecule has 3 aromatic rings. The summed E-state index contributed by atoms with van der Waals surface area (Å²) >= 11 is 1.58. The van der Waals surface area contributed by atoms with E-state index in [9.17, 15) is 4.79 Å². The molecule has 118 valence electrons. The Bertz CT molecular complexity index is 868. The van der Waals surface area contributed by atoms with Crippen LogP contribution in [0.5, 0.6) is 5.75 Å². The first kappa shape index (κ1) is 15.7. The molecule has 5 nitrogen and oxygen atoms in total. The number of amides is 1. The summed E-state index contributed by atoms with van der Waals surface area (Å²) in [7, 11) is 0. The zero-order valence-electron chi connectivity index (χ0n) is 12.6. The van der Waals surface area contributed by atoms with Gasteiger partial charge in [0, 0.05) is 11.8 Å². The lowest BCUT2D eigenvalue weighted by Crippen LogP contribution is -2.14. The van der Waals surface area contributed by atoms with Crippen molar-refractivity contribution in [1.82, 2.24) is 9.97 Å². The number of aromatic nitrogens is 2. The standard InChI is InChI=1S/C18H13N3O2S/c1-2-11-23-14-7-5-13(6-8-14)17(22)21-18-19-10-9-15(20-18)16-4-3-12-24-16/h1,3-10,12H,11H2,(H,19,20,21,22). The zero-order valence-corrected chi connectivity index (χ0v) is 13.4. The Morgan fingerprint density at radius 1 is 1.25 bits per heavy atom. The fourth-order valence-corrected chi connectivity index (χ4v) is 2.68. The molecule has 0 fully saturated rings. The monoisotopic (exact) mass is 335 g/mol. The van der Waals surface area contributed by atoms with E-state index >= 15 is 0 Å². The number of anilines is 1. The third-order valence-electron chi connectivity index (χ3n) is 3.09. The van der Waals surface area contributed by atoms with Crippen LogP contribution in [0.15, 0.2) is 54.0 Å². The van der Waals surface area contributed by atoms with Gasteiger partial charge in [0.15, 0.2) is 0 Å². The average molecular weight is 335 g/mol. The number of hydrogen-bond donors (Lipinski definition) is 1. The number of nitrogens with one attached hydrogen (secondary N) is 1. The van der Waals surface area contributed by atoms with E-state index in [4.69, 9.17) is 11.2 Å². The first-order chi connectivity index (χ1) is 11.8. The summed E-state index contributed by atoms with van der Waals surface area (Å²) in [4.78, 5) is 21.7. The summed E-state index contributed by atoms with van der Waals surface area (Å²) in [5.74, 6) is 2.97. The van der Waals surface area contributed by atoms with Gasteiger partial charge in [0.05, 0.1) is 10.6 Å². The largest absolute Gasteiger partial charge is 0.481 e. The van der Waals surface area contributed by atoms with Crippen LogP contribution in [0.1, 0.15) is 10.4 Å². The Labute approximate surface area is 143 Å². The quantitative estimate of drug-likeness (QED) is 0.725. The smallest absolute Gasteiger partial charge is 0.258 e. The molecule has 1 amide bonds. The SMILES string of the molecule is C#CCOc1ccc(C(=O)Nc2nccc(-c3cccs3)n2)cc1. The molecule has 1 N–H and O–H groups in total. The van der Waals surface area contributed by atoms with Crippen LogP contribution in [-0.2, 0) is 0 Å². The van der Waals surface area contributed by atoms with Crippen LogP contribution in [0.2, 0.25) is 0 Å². The molecule has 0 aliphatic rings. The van der Waals surface area contributed by atoms with E-state index in [0.717, 1.165) is 10.6 Å². The van der Waals surface area contributed by atoms with Crippen molar-refractivity contribution in [3.63, 3.8) is 0 Å². The van der Waals surface area contributed by atoms with Crippen molar-refractivity contribution in [2.75, 3.05) is 11.9 Å². The predicted octanol–water partition coefficient (Wildman–Crippen LogP) is 3.47. The normalized spacial score (nSPS) is 9.96. The third kappa shape index (κ3) is 3.77. The molecule has 0 aliphatic heterocycles. The molecule has 0 radical (unpaired) electrons. The second-order valence-electron chi connectivity index (χ2n) is 4.71. The van der Waals surface area contributed by atoms with Gasteiger partial charge in [-0.15, -0.1) is 17.8 Å². The molecule has 6 heteroatoms. The van der Waals surface area contributed by atoms with Crippen LogP contribution >= 0.6 is 11.3 Å². The molecule has 1 aromatic carbocycles. The van der Waals surface area contributed by atoms with Gasteiger partial charge in [-0.1, -0.05) is 12.0 Å². The summed E-state index contributed by atoms with van der Waals surface area (Å²) in [6.45, 7) is 0.189. The highest BCUT2D eigenvalue weighted by Crippen LogP contribution is 2.23. The number of carbonyl (C=O) groups is 1. The van der Waals surface area contributed by atoms with Crippen LogP contribution in [0.25, 0.3) is 10.6 Å². The topological polar surface area (TPSA) is 64.1 Å². The summed E-state index contributed by atoms with van der Waals surface area (Å²) < 4.78 is 5.27. The molecule has 2 heterocycles. The van der Waals surface area contributed by atoms with Crippen LogP contribution in [0, 0.1) is 12.3 Å². The number of thiophene rings is 1. The van der Waals surface area contributed by atoms with Gasteiger partial charge in [0.1, 0.15) is 12.4 Å². The summed E-state index contributed by atoms with van der Waals surface area (Å²) in [5.41, 5.74) is 1.25. The Morgan fingerprint density at radius 2 is 2.08 bits per heavy atom. The summed E-state index contributed by atoms with van der Waals surface area (Å²) in [6.07, 6.45) is 6.75. The van der Waals surface area contributed by atoms with Crippen molar-refractivity contribution in [3.05, 3.63) is 59.6 Å². The van der Waals surface area contributed by atoms with E-state index < -0.39 is 0 Å². The number of benzene rings is 1. The Hall–Kier alpha value is -3.17. The highest BCUT2D eigenvalue weighted by Gasteiger charge is 2.09. The number of terminal acetylenes is 1. The van der Waals surface area contributed by atoms with Crippen molar-refractivity contribution in [2.24, 2.45) is 0 Å². The second kappa shape index (κ2) is 7.40. The van der Waals surface area contributed by atoms with Gasteiger partial charge < -0.3 is 4.74 Å². The molecule has 0 spiro atoms. The maximum absolute atomic E-state index is 12.3. The molecular weight excluding hydrogens is 322 g/mol. The number of carbonyl (C=O) groups excluding carboxylic acids is 1. The number of nitrogens with zero attached hydrogens (tertiary/aromatic N) is 2. The lowest BCUT2D eigenvalue weighted by Gasteiger charge is -2.06.